The first-order chi connectivity index (χ1) is 10.3. The maximum Gasteiger partial charge on any atom is 0.0702 e. The van der Waals surface area contributed by atoms with Crippen molar-refractivity contribution in [3.8, 4) is 0 Å². The molecule has 0 fully saturated rings. The molecule has 0 radical (unpaired) electrons. The Bertz CT molecular complexity index is 767. The molecular formula is C18H18N2S. The third-order valence-corrected chi connectivity index (χ3v) is 5.61. The predicted molar refractivity (Wildman–Crippen MR) is 88.7 cm³/mol. The first kappa shape index (κ1) is 13.0. The zero-order valence-electron chi connectivity index (χ0n) is 11.9. The van der Waals surface area contributed by atoms with E-state index in [2.05, 4.69) is 23.2 Å². The lowest BCUT2D eigenvalue weighted by Gasteiger charge is -2.10. The molecule has 2 aromatic heterocycles. The van der Waals surface area contributed by atoms with Crippen LogP contribution in [0.4, 0.5) is 0 Å². The molecule has 0 saturated heterocycles. The van der Waals surface area contributed by atoms with E-state index in [1.165, 1.54) is 36.1 Å². The second-order valence-electron chi connectivity index (χ2n) is 5.74. The van der Waals surface area contributed by atoms with Gasteiger partial charge in [-0.15, -0.1) is 11.3 Å². The lowest BCUT2D eigenvalue weighted by atomic mass is 9.98. The fraction of sp³-hybridized carbons (Fsp3) is 0.278. The fourth-order valence-electron chi connectivity index (χ4n) is 3.09. The third kappa shape index (κ3) is 2.37. The van der Waals surface area contributed by atoms with Gasteiger partial charge < -0.3 is 5.73 Å². The molecule has 4 rings (SSSR count). The van der Waals surface area contributed by atoms with Crippen LogP contribution < -0.4 is 5.73 Å². The van der Waals surface area contributed by atoms with Crippen molar-refractivity contribution in [2.45, 2.75) is 31.7 Å². The van der Waals surface area contributed by atoms with Gasteiger partial charge in [-0.3, -0.25) is 4.98 Å². The maximum atomic E-state index is 6.49. The monoisotopic (exact) mass is 294 g/mol. The van der Waals surface area contributed by atoms with Gasteiger partial charge in [-0.25, -0.2) is 0 Å². The average molecular weight is 294 g/mol. The summed E-state index contributed by atoms with van der Waals surface area (Å²) in [5.41, 5.74) is 10.1. The quantitative estimate of drug-likeness (QED) is 0.768. The number of benzene rings is 1. The van der Waals surface area contributed by atoms with E-state index in [0.29, 0.717) is 0 Å². The van der Waals surface area contributed by atoms with Crippen molar-refractivity contribution in [2.24, 2.45) is 5.73 Å². The number of nitrogens with zero attached hydrogens (tertiary/aromatic N) is 1. The van der Waals surface area contributed by atoms with Gasteiger partial charge >= 0.3 is 0 Å². The number of nitrogens with two attached hydrogens (primary N) is 1. The Morgan fingerprint density at radius 3 is 2.86 bits per heavy atom. The molecule has 1 atom stereocenters. The van der Waals surface area contributed by atoms with Crippen LogP contribution in [-0.2, 0) is 12.8 Å². The van der Waals surface area contributed by atoms with Crippen LogP contribution in [0, 0.1) is 0 Å². The molecule has 0 aliphatic heterocycles. The van der Waals surface area contributed by atoms with Gasteiger partial charge in [0, 0.05) is 21.3 Å². The minimum atomic E-state index is -0.0577. The van der Waals surface area contributed by atoms with Crippen LogP contribution in [0.15, 0.2) is 42.6 Å². The molecular weight excluding hydrogens is 276 g/mol. The minimum Gasteiger partial charge on any atom is -0.320 e. The van der Waals surface area contributed by atoms with Crippen LogP contribution in [0.2, 0.25) is 0 Å². The van der Waals surface area contributed by atoms with E-state index >= 15 is 0 Å². The number of hydrogen-bond acceptors (Lipinski definition) is 3. The highest BCUT2D eigenvalue weighted by Crippen LogP contribution is 2.34. The number of aromatic nitrogens is 1. The van der Waals surface area contributed by atoms with Crippen molar-refractivity contribution in [1.29, 1.82) is 0 Å². The topological polar surface area (TPSA) is 38.9 Å². The van der Waals surface area contributed by atoms with Gasteiger partial charge in [0.1, 0.15) is 0 Å². The SMILES string of the molecule is NC(c1cnc2ccccc2c1)c1cc2c(s1)CCCC2. The summed E-state index contributed by atoms with van der Waals surface area (Å²) in [5, 5.41) is 1.16. The molecule has 1 unspecified atom stereocenters. The van der Waals surface area contributed by atoms with Crippen LogP contribution in [-0.4, -0.2) is 4.98 Å². The van der Waals surface area contributed by atoms with Gasteiger partial charge in [-0.1, -0.05) is 18.2 Å². The molecule has 3 heteroatoms. The second-order valence-corrected chi connectivity index (χ2v) is 6.91. The van der Waals surface area contributed by atoms with Crippen molar-refractivity contribution in [2.75, 3.05) is 0 Å². The van der Waals surface area contributed by atoms with Crippen molar-refractivity contribution in [3.05, 3.63) is 63.5 Å². The van der Waals surface area contributed by atoms with E-state index < -0.39 is 0 Å². The summed E-state index contributed by atoms with van der Waals surface area (Å²) in [4.78, 5) is 7.35. The highest BCUT2D eigenvalue weighted by molar-refractivity contribution is 7.12. The minimum absolute atomic E-state index is 0.0577. The first-order valence-corrected chi connectivity index (χ1v) is 8.35. The van der Waals surface area contributed by atoms with Crippen molar-refractivity contribution in [1.82, 2.24) is 4.98 Å². The Labute approximate surface area is 128 Å². The Morgan fingerprint density at radius 1 is 1.10 bits per heavy atom. The molecule has 1 aliphatic rings. The third-order valence-electron chi connectivity index (χ3n) is 4.29. The normalized spacial score (nSPS) is 15.9. The van der Waals surface area contributed by atoms with Gasteiger partial charge in [-0.05, 0) is 55.0 Å². The zero-order chi connectivity index (χ0) is 14.2. The number of aryl methyl sites for hydroxylation is 2. The highest BCUT2D eigenvalue weighted by Gasteiger charge is 2.18. The summed E-state index contributed by atoms with van der Waals surface area (Å²) < 4.78 is 0. The van der Waals surface area contributed by atoms with Crippen LogP contribution in [0.5, 0.6) is 0 Å². The van der Waals surface area contributed by atoms with Crippen molar-refractivity contribution in [3.63, 3.8) is 0 Å². The van der Waals surface area contributed by atoms with Crippen LogP contribution in [0.1, 0.15) is 39.8 Å². The molecule has 2 heterocycles. The van der Waals surface area contributed by atoms with Crippen LogP contribution in [0.25, 0.3) is 10.9 Å². The molecule has 0 amide bonds. The Hall–Kier alpha value is -1.71. The van der Waals surface area contributed by atoms with Gasteiger partial charge in [0.25, 0.3) is 0 Å². The molecule has 2 N–H and O–H groups in total. The van der Waals surface area contributed by atoms with E-state index in [9.17, 15) is 0 Å². The number of thiophene rings is 1. The molecule has 21 heavy (non-hydrogen) atoms. The Kier molecular flexibility index (Phi) is 3.24. The summed E-state index contributed by atoms with van der Waals surface area (Å²) >= 11 is 1.89. The molecule has 106 valence electrons. The molecule has 1 aliphatic carbocycles. The maximum absolute atomic E-state index is 6.49. The van der Waals surface area contributed by atoms with E-state index in [-0.39, 0.29) is 6.04 Å². The second kappa shape index (κ2) is 5.24. The summed E-state index contributed by atoms with van der Waals surface area (Å²) in [6.07, 6.45) is 7.00. The van der Waals surface area contributed by atoms with E-state index in [1.807, 2.05) is 35.7 Å². The smallest absolute Gasteiger partial charge is 0.0702 e. The lowest BCUT2D eigenvalue weighted by Crippen LogP contribution is -2.10. The summed E-state index contributed by atoms with van der Waals surface area (Å²) in [5.74, 6) is 0. The van der Waals surface area contributed by atoms with Gasteiger partial charge in [0.15, 0.2) is 0 Å². The summed E-state index contributed by atoms with van der Waals surface area (Å²) in [6, 6.07) is 12.6. The average Bonchev–Trinajstić information content (AvgIpc) is 2.97. The zero-order valence-corrected chi connectivity index (χ0v) is 12.7. The van der Waals surface area contributed by atoms with Gasteiger partial charge in [-0.2, -0.15) is 0 Å². The molecule has 0 bridgehead atoms. The number of pyridine rings is 1. The van der Waals surface area contributed by atoms with Crippen molar-refractivity contribution < 1.29 is 0 Å². The fourth-order valence-corrected chi connectivity index (χ4v) is 4.38. The van der Waals surface area contributed by atoms with E-state index in [4.69, 9.17) is 5.73 Å². The van der Waals surface area contributed by atoms with Gasteiger partial charge in [0.2, 0.25) is 0 Å². The number of para-hydroxylation sites is 1. The van der Waals surface area contributed by atoms with E-state index in [0.717, 1.165) is 16.5 Å². The standard InChI is InChI=1S/C18H18N2S/c19-18(17-10-13-6-2-4-8-16(13)21-17)14-9-12-5-1-3-7-15(12)20-11-14/h1,3,5,7,9-11,18H,2,4,6,8,19H2. The molecule has 0 saturated carbocycles. The number of fused-ring (bicyclic) bond motifs is 2. The van der Waals surface area contributed by atoms with Crippen LogP contribution >= 0.6 is 11.3 Å². The number of hydrogen-bond donors (Lipinski definition) is 1. The summed E-state index contributed by atoms with van der Waals surface area (Å²) in [7, 11) is 0. The Balaban J connectivity index is 1.71. The highest BCUT2D eigenvalue weighted by atomic mass is 32.1. The molecule has 1 aromatic carbocycles. The van der Waals surface area contributed by atoms with Crippen LogP contribution in [0.3, 0.4) is 0 Å². The lowest BCUT2D eigenvalue weighted by molar-refractivity contribution is 0.696. The van der Waals surface area contributed by atoms with Gasteiger partial charge in [0.05, 0.1) is 11.6 Å². The molecule has 3 aromatic rings. The largest absolute Gasteiger partial charge is 0.320 e. The van der Waals surface area contributed by atoms with E-state index in [1.54, 1.807) is 4.88 Å². The first-order valence-electron chi connectivity index (χ1n) is 7.53. The Morgan fingerprint density at radius 2 is 1.95 bits per heavy atom. The number of rotatable bonds is 2. The van der Waals surface area contributed by atoms with Crippen molar-refractivity contribution >= 4 is 22.2 Å². The summed E-state index contributed by atoms with van der Waals surface area (Å²) in [6.45, 7) is 0. The molecule has 0 spiro atoms. The molecule has 2 nitrogen and oxygen atoms in total. The predicted octanol–water partition coefficient (Wildman–Crippen LogP) is 4.22.